The maximum Gasteiger partial charge on any atom is 0.129 e. The molecule has 2 aliphatic rings. The van der Waals surface area contributed by atoms with Gasteiger partial charge in [-0.1, -0.05) is 11.6 Å². The summed E-state index contributed by atoms with van der Waals surface area (Å²) >= 11 is 15.0. The molecule has 0 aliphatic carbocycles. The molecule has 33 heavy (non-hydrogen) atoms. The normalized spacial score (nSPS) is 19.6. The largest absolute Gasteiger partial charge is 0.348 e. The summed E-state index contributed by atoms with van der Waals surface area (Å²) in [7, 11) is 1.92. The van der Waals surface area contributed by atoms with Crippen molar-refractivity contribution >= 4 is 46.7 Å². The summed E-state index contributed by atoms with van der Waals surface area (Å²) in [6, 6.07) is 7.53. The predicted octanol–water partition coefficient (Wildman–Crippen LogP) is 4.70. The quantitative estimate of drug-likeness (QED) is 0.434. The van der Waals surface area contributed by atoms with Crippen LogP contribution in [0.15, 0.2) is 49.2 Å². The molecule has 0 aromatic carbocycles. The fourth-order valence-corrected chi connectivity index (χ4v) is 5.11. The van der Waals surface area contributed by atoms with Crippen LogP contribution in [0, 0.1) is 0 Å². The summed E-state index contributed by atoms with van der Waals surface area (Å²) < 4.78 is 6.83. The van der Waals surface area contributed by atoms with E-state index in [4.69, 9.17) is 16.6 Å². The highest BCUT2D eigenvalue weighted by Crippen LogP contribution is 2.35. The van der Waals surface area contributed by atoms with Crippen LogP contribution in [0.4, 0.5) is 5.82 Å². The van der Waals surface area contributed by atoms with Crippen molar-refractivity contribution < 1.29 is 3.84 Å². The number of hydrogen-bond donors (Lipinski definition) is 1. The Morgan fingerprint density at radius 3 is 2.36 bits per heavy atom. The van der Waals surface area contributed by atoms with Gasteiger partial charge in [0.05, 0.1) is 46.7 Å². The van der Waals surface area contributed by atoms with E-state index >= 15 is 0 Å². The van der Waals surface area contributed by atoms with Crippen LogP contribution < -0.4 is 10.2 Å². The number of halogens is 3. The standard InChI is InChI=1S/C22H22ClN7.Cl2O/c1-28-12-16(8-26-28)15-6-19(22-20(23)11-27-29(22)13-15)14-2-5-21(25-7-14)30-17-3-4-18(30)10-24-9-17;1-3-2/h2,5-8,11-13,17-18,24H,3-4,9-10H2,1H3;. The van der Waals surface area contributed by atoms with E-state index in [-0.39, 0.29) is 0 Å². The number of pyridine rings is 2. The number of anilines is 1. The molecule has 6 rings (SSSR count). The lowest BCUT2D eigenvalue weighted by molar-refractivity contribution is 0.481. The Labute approximate surface area is 206 Å². The molecule has 2 unspecified atom stereocenters. The minimum atomic E-state index is 0.548. The molecule has 0 radical (unpaired) electrons. The Morgan fingerprint density at radius 2 is 1.73 bits per heavy atom. The van der Waals surface area contributed by atoms with Crippen LogP contribution in [-0.2, 0) is 10.9 Å². The molecule has 0 amide bonds. The highest BCUT2D eigenvalue weighted by Gasteiger charge is 2.37. The van der Waals surface area contributed by atoms with Crippen molar-refractivity contribution in [2.75, 3.05) is 18.0 Å². The predicted molar refractivity (Wildman–Crippen MR) is 131 cm³/mol. The topological polar surface area (TPSA) is 72.5 Å². The Balaban J connectivity index is 0.000000724. The lowest BCUT2D eigenvalue weighted by Crippen LogP contribution is -2.52. The van der Waals surface area contributed by atoms with Gasteiger partial charge in [0.2, 0.25) is 0 Å². The third-order valence-corrected chi connectivity index (χ3v) is 6.59. The number of fused-ring (bicyclic) bond motifs is 3. The van der Waals surface area contributed by atoms with E-state index in [2.05, 4.69) is 66.2 Å². The van der Waals surface area contributed by atoms with Crippen LogP contribution in [0.25, 0.3) is 27.8 Å². The van der Waals surface area contributed by atoms with Crippen molar-refractivity contribution in [3.63, 3.8) is 0 Å². The number of rotatable bonds is 3. The smallest absolute Gasteiger partial charge is 0.129 e. The van der Waals surface area contributed by atoms with Gasteiger partial charge in [-0.2, -0.15) is 14.0 Å². The Morgan fingerprint density at radius 1 is 0.970 bits per heavy atom. The first-order valence-electron chi connectivity index (χ1n) is 10.6. The van der Waals surface area contributed by atoms with Gasteiger partial charge in [0.15, 0.2) is 0 Å². The van der Waals surface area contributed by atoms with Gasteiger partial charge < -0.3 is 10.2 Å². The highest BCUT2D eigenvalue weighted by molar-refractivity contribution is 6.34. The van der Waals surface area contributed by atoms with Gasteiger partial charge in [-0.25, -0.2) is 9.50 Å². The van der Waals surface area contributed by atoms with E-state index in [0.29, 0.717) is 17.1 Å². The molecule has 6 heterocycles. The molecular weight excluding hydrogens is 485 g/mol. The zero-order valence-corrected chi connectivity index (χ0v) is 20.1. The highest BCUT2D eigenvalue weighted by atomic mass is 35.6. The van der Waals surface area contributed by atoms with Gasteiger partial charge in [0.25, 0.3) is 0 Å². The summed E-state index contributed by atoms with van der Waals surface area (Å²) in [5.41, 5.74) is 5.01. The first-order chi connectivity index (χ1) is 16.1. The third-order valence-electron chi connectivity index (χ3n) is 6.31. The van der Waals surface area contributed by atoms with Crippen molar-refractivity contribution in [3.05, 3.63) is 54.2 Å². The summed E-state index contributed by atoms with van der Waals surface area (Å²) in [4.78, 5) is 7.35. The van der Waals surface area contributed by atoms with E-state index in [1.807, 2.05) is 36.4 Å². The van der Waals surface area contributed by atoms with E-state index < -0.39 is 0 Å². The maximum absolute atomic E-state index is 6.49. The zero-order valence-electron chi connectivity index (χ0n) is 17.8. The molecule has 2 aliphatic heterocycles. The molecular formula is C22H22Cl3N7O. The molecule has 4 aromatic heterocycles. The van der Waals surface area contributed by atoms with Crippen LogP contribution >= 0.6 is 35.3 Å². The lowest BCUT2D eigenvalue weighted by Gasteiger charge is -2.36. The fourth-order valence-electron chi connectivity index (χ4n) is 4.88. The fraction of sp³-hybridized carbons (Fsp3) is 0.318. The van der Waals surface area contributed by atoms with E-state index in [0.717, 1.165) is 46.7 Å². The monoisotopic (exact) mass is 505 g/mol. The van der Waals surface area contributed by atoms with Gasteiger partial charge in [-0.3, -0.25) is 4.68 Å². The number of hydrogen-bond acceptors (Lipinski definition) is 6. The number of aryl methyl sites for hydroxylation is 1. The molecule has 2 atom stereocenters. The Bertz CT molecular complexity index is 1240. The summed E-state index contributed by atoms with van der Waals surface area (Å²) in [6.07, 6.45) is 12.0. The van der Waals surface area contributed by atoms with Gasteiger partial charge >= 0.3 is 0 Å². The van der Waals surface area contributed by atoms with Crippen molar-refractivity contribution in [1.29, 1.82) is 0 Å². The minimum absolute atomic E-state index is 0.548. The SMILES string of the molecule is ClOCl.Cn1cc(-c2cc(-c3ccc(N4C5CCC4CNC5)nc3)c3c(Cl)cnn3c2)cn1. The minimum Gasteiger partial charge on any atom is -0.348 e. The third kappa shape index (κ3) is 4.29. The van der Waals surface area contributed by atoms with Crippen molar-refractivity contribution in [1.82, 2.24) is 29.7 Å². The molecule has 172 valence electrons. The summed E-state index contributed by atoms with van der Waals surface area (Å²) in [5.74, 6) is 1.06. The summed E-state index contributed by atoms with van der Waals surface area (Å²) in [5, 5.41) is 12.9. The second-order valence-corrected chi connectivity index (χ2v) is 9.12. The number of nitrogens with zero attached hydrogens (tertiary/aromatic N) is 6. The van der Waals surface area contributed by atoms with Gasteiger partial charge in [0, 0.05) is 73.1 Å². The van der Waals surface area contributed by atoms with E-state index in [1.165, 1.54) is 12.8 Å². The average Bonchev–Trinajstić information content (AvgIpc) is 3.49. The number of nitrogens with one attached hydrogen (secondary N) is 1. The number of piperazine rings is 1. The Kier molecular flexibility index (Phi) is 6.44. The first-order valence-corrected chi connectivity index (χ1v) is 11.6. The molecule has 0 spiro atoms. The molecule has 11 heteroatoms. The molecule has 2 bridgehead atoms. The van der Waals surface area contributed by atoms with Gasteiger partial charge in [0.1, 0.15) is 5.82 Å². The first kappa shape index (κ1) is 22.4. The van der Waals surface area contributed by atoms with E-state index in [9.17, 15) is 0 Å². The van der Waals surface area contributed by atoms with Crippen molar-refractivity contribution in [3.8, 4) is 22.3 Å². The van der Waals surface area contributed by atoms with Crippen LogP contribution in [0.2, 0.25) is 5.02 Å². The van der Waals surface area contributed by atoms with Crippen LogP contribution in [-0.4, -0.2) is 49.6 Å². The second kappa shape index (κ2) is 9.48. The number of aromatic nitrogens is 5. The van der Waals surface area contributed by atoms with Gasteiger partial charge in [-0.05, 0) is 31.0 Å². The molecule has 2 fully saturated rings. The molecule has 4 aromatic rings. The summed E-state index contributed by atoms with van der Waals surface area (Å²) in [6.45, 7) is 2.08. The van der Waals surface area contributed by atoms with Crippen LogP contribution in [0.1, 0.15) is 12.8 Å². The zero-order chi connectivity index (χ0) is 22.9. The lowest BCUT2D eigenvalue weighted by atomic mass is 10.0. The Hall–Kier alpha value is -2.36. The maximum atomic E-state index is 6.49. The van der Waals surface area contributed by atoms with Crippen LogP contribution in [0.5, 0.6) is 0 Å². The van der Waals surface area contributed by atoms with Crippen molar-refractivity contribution in [2.24, 2.45) is 7.05 Å². The van der Waals surface area contributed by atoms with Crippen LogP contribution in [0.3, 0.4) is 0 Å². The van der Waals surface area contributed by atoms with Gasteiger partial charge in [-0.15, -0.1) is 0 Å². The molecule has 1 N–H and O–H groups in total. The second-order valence-electron chi connectivity index (χ2n) is 8.24. The van der Waals surface area contributed by atoms with Crippen molar-refractivity contribution in [2.45, 2.75) is 24.9 Å². The molecule has 0 saturated carbocycles. The molecule has 2 saturated heterocycles. The molecule has 8 nitrogen and oxygen atoms in total. The van der Waals surface area contributed by atoms with E-state index in [1.54, 1.807) is 10.9 Å². The average molecular weight is 507 g/mol.